The Hall–Kier alpha value is -1.33. The van der Waals surface area contributed by atoms with E-state index in [2.05, 4.69) is 16.3 Å². The van der Waals surface area contributed by atoms with Gasteiger partial charge in [0.05, 0.1) is 0 Å². The Kier molecular flexibility index (Phi) is 8.36. The lowest BCUT2D eigenvalue weighted by Gasteiger charge is -2.45. The first-order chi connectivity index (χ1) is 12.3. The standard InChI is InChI=1S/C21H25FN2O.2ClH/c22-19-7-3-1-6-18(19)15-25-21-8-4-2-5-17(21)13-23-20-14-24-11-9-16(20)10-12-24;;/h1-8,16,20,23H,9-15H2;2*1H. The van der Waals surface area contributed by atoms with E-state index in [9.17, 15) is 4.39 Å². The zero-order valence-corrected chi connectivity index (χ0v) is 16.9. The normalized spacial score (nSPS) is 23.2. The van der Waals surface area contributed by atoms with E-state index < -0.39 is 0 Å². The molecular formula is C21H27Cl2FN2O. The van der Waals surface area contributed by atoms with Crippen LogP contribution in [0.5, 0.6) is 5.75 Å². The summed E-state index contributed by atoms with van der Waals surface area (Å²) in [5.74, 6) is 1.42. The Labute approximate surface area is 173 Å². The monoisotopic (exact) mass is 412 g/mol. The molecule has 6 heteroatoms. The molecule has 3 heterocycles. The Morgan fingerprint density at radius 3 is 2.30 bits per heavy atom. The fourth-order valence-corrected chi connectivity index (χ4v) is 4.00. The van der Waals surface area contributed by atoms with Crippen LogP contribution < -0.4 is 10.1 Å². The van der Waals surface area contributed by atoms with Crippen molar-refractivity contribution in [2.45, 2.75) is 32.0 Å². The van der Waals surface area contributed by atoms with Crippen molar-refractivity contribution in [1.82, 2.24) is 10.2 Å². The molecule has 2 aromatic rings. The molecule has 0 radical (unpaired) electrons. The third-order valence-electron chi connectivity index (χ3n) is 5.52. The maximum absolute atomic E-state index is 13.8. The first-order valence-electron chi connectivity index (χ1n) is 9.19. The van der Waals surface area contributed by atoms with Gasteiger partial charge in [0.2, 0.25) is 0 Å². The van der Waals surface area contributed by atoms with E-state index in [1.165, 1.54) is 32.0 Å². The number of piperidine rings is 3. The van der Waals surface area contributed by atoms with E-state index in [1.807, 2.05) is 24.3 Å². The van der Waals surface area contributed by atoms with Crippen molar-refractivity contribution in [2.24, 2.45) is 5.92 Å². The number of para-hydroxylation sites is 1. The van der Waals surface area contributed by atoms with Gasteiger partial charge in [0.25, 0.3) is 0 Å². The minimum Gasteiger partial charge on any atom is -0.488 e. The summed E-state index contributed by atoms with van der Waals surface area (Å²) in [5, 5.41) is 3.72. The Morgan fingerprint density at radius 2 is 1.63 bits per heavy atom. The summed E-state index contributed by atoms with van der Waals surface area (Å²) >= 11 is 0. The molecule has 3 saturated heterocycles. The summed E-state index contributed by atoms with van der Waals surface area (Å²) in [6.45, 7) is 4.71. The summed E-state index contributed by atoms with van der Waals surface area (Å²) in [5.41, 5.74) is 1.72. The van der Waals surface area contributed by atoms with Crippen molar-refractivity contribution in [3.8, 4) is 5.75 Å². The van der Waals surface area contributed by atoms with Gasteiger partial charge in [-0.15, -0.1) is 24.8 Å². The number of nitrogens with one attached hydrogen (secondary N) is 1. The molecule has 5 rings (SSSR count). The molecule has 0 aromatic heterocycles. The van der Waals surface area contributed by atoms with Crippen molar-refractivity contribution >= 4 is 24.8 Å². The van der Waals surface area contributed by atoms with E-state index in [1.54, 1.807) is 12.1 Å². The molecule has 3 aliphatic rings. The quantitative estimate of drug-likeness (QED) is 0.758. The zero-order valence-electron chi connectivity index (χ0n) is 15.3. The lowest BCUT2D eigenvalue weighted by atomic mass is 9.84. The highest BCUT2D eigenvalue weighted by atomic mass is 35.5. The van der Waals surface area contributed by atoms with E-state index in [0.717, 1.165) is 30.3 Å². The number of halogens is 3. The van der Waals surface area contributed by atoms with E-state index in [0.29, 0.717) is 11.6 Å². The number of hydrogen-bond donors (Lipinski definition) is 1. The molecule has 3 fully saturated rings. The maximum atomic E-state index is 13.8. The maximum Gasteiger partial charge on any atom is 0.129 e. The molecule has 0 amide bonds. The van der Waals surface area contributed by atoms with Gasteiger partial charge >= 0.3 is 0 Å². The van der Waals surface area contributed by atoms with Crippen molar-refractivity contribution in [3.05, 3.63) is 65.5 Å². The van der Waals surface area contributed by atoms with Crippen LogP contribution in [0.15, 0.2) is 48.5 Å². The van der Waals surface area contributed by atoms with Gasteiger partial charge in [-0.2, -0.15) is 0 Å². The molecule has 3 nitrogen and oxygen atoms in total. The highest BCUT2D eigenvalue weighted by Crippen LogP contribution is 2.28. The molecule has 1 N–H and O–H groups in total. The van der Waals surface area contributed by atoms with Crippen LogP contribution in [0.25, 0.3) is 0 Å². The highest BCUT2D eigenvalue weighted by molar-refractivity contribution is 5.85. The number of rotatable bonds is 6. The third-order valence-corrected chi connectivity index (χ3v) is 5.52. The predicted octanol–water partition coefficient (Wildman–Crippen LogP) is 4.43. The largest absolute Gasteiger partial charge is 0.488 e. The van der Waals surface area contributed by atoms with Gasteiger partial charge in [0.1, 0.15) is 18.2 Å². The first kappa shape index (κ1) is 22.0. The molecule has 0 spiro atoms. The second kappa shape index (κ2) is 10.3. The summed E-state index contributed by atoms with van der Waals surface area (Å²) < 4.78 is 19.7. The molecule has 0 aliphatic carbocycles. The number of ether oxygens (including phenoxy) is 1. The van der Waals surface area contributed by atoms with E-state index >= 15 is 0 Å². The van der Waals surface area contributed by atoms with Crippen LogP contribution in [0.3, 0.4) is 0 Å². The van der Waals surface area contributed by atoms with Gasteiger partial charge in [-0.1, -0.05) is 36.4 Å². The number of nitrogens with zero attached hydrogens (tertiary/aromatic N) is 1. The van der Waals surface area contributed by atoms with E-state index in [-0.39, 0.29) is 37.2 Å². The van der Waals surface area contributed by atoms with Crippen LogP contribution in [0.4, 0.5) is 4.39 Å². The number of benzene rings is 2. The number of fused-ring (bicyclic) bond motifs is 3. The van der Waals surface area contributed by atoms with Crippen LogP contribution in [0, 0.1) is 11.7 Å². The minimum absolute atomic E-state index is 0. The lowest BCUT2D eigenvalue weighted by Crippen LogP contribution is -2.55. The molecule has 148 valence electrons. The first-order valence-corrected chi connectivity index (χ1v) is 9.19. The molecule has 0 saturated carbocycles. The van der Waals surface area contributed by atoms with Crippen LogP contribution >= 0.6 is 24.8 Å². The predicted molar refractivity (Wildman–Crippen MR) is 111 cm³/mol. The Morgan fingerprint density at radius 1 is 0.963 bits per heavy atom. The Balaban J connectivity index is 0.00000131. The van der Waals surface area contributed by atoms with Gasteiger partial charge in [0.15, 0.2) is 0 Å². The fraction of sp³-hybridized carbons (Fsp3) is 0.429. The van der Waals surface area contributed by atoms with Crippen molar-refractivity contribution in [1.29, 1.82) is 0 Å². The second-order valence-corrected chi connectivity index (χ2v) is 7.11. The van der Waals surface area contributed by atoms with Gasteiger partial charge < -0.3 is 15.0 Å². The molecule has 2 bridgehead atoms. The van der Waals surface area contributed by atoms with Crippen LogP contribution in [0.1, 0.15) is 24.0 Å². The van der Waals surface area contributed by atoms with Crippen molar-refractivity contribution in [3.63, 3.8) is 0 Å². The van der Waals surface area contributed by atoms with Gasteiger partial charge in [0, 0.05) is 30.3 Å². The highest BCUT2D eigenvalue weighted by Gasteiger charge is 2.33. The molecular weight excluding hydrogens is 386 g/mol. The van der Waals surface area contributed by atoms with Gasteiger partial charge in [-0.05, 0) is 44.0 Å². The lowest BCUT2D eigenvalue weighted by molar-refractivity contribution is 0.0718. The van der Waals surface area contributed by atoms with Crippen molar-refractivity contribution in [2.75, 3.05) is 19.6 Å². The van der Waals surface area contributed by atoms with Gasteiger partial charge in [-0.25, -0.2) is 4.39 Å². The van der Waals surface area contributed by atoms with Gasteiger partial charge in [-0.3, -0.25) is 0 Å². The van der Waals surface area contributed by atoms with E-state index in [4.69, 9.17) is 4.74 Å². The molecule has 3 aliphatic heterocycles. The smallest absolute Gasteiger partial charge is 0.129 e. The zero-order chi connectivity index (χ0) is 17.1. The SMILES string of the molecule is Cl.Cl.Fc1ccccc1COc1ccccc1CNC1CN2CCC1CC2. The summed E-state index contributed by atoms with van der Waals surface area (Å²) in [7, 11) is 0. The molecule has 1 unspecified atom stereocenters. The third kappa shape index (κ3) is 5.35. The second-order valence-electron chi connectivity index (χ2n) is 7.11. The molecule has 2 aromatic carbocycles. The van der Waals surface area contributed by atoms with Crippen LogP contribution in [-0.4, -0.2) is 30.6 Å². The average molecular weight is 413 g/mol. The molecule has 27 heavy (non-hydrogen) atoms. The van der Waals surface area contributed by atoms with Crippen molar-refractivity contribution < 1.29 is 9.13 Å². The summed E-state index contributed by atoms with van der Waals surface area (Å²) in [4.78, 5) is 2.55. The summed E-state index contributed by atoms with van der Waals surface area (Å²) in [6, 6.07) is 15.4. The number of hydrogen-bond acceptors (Lipinski definition) is 3. The fourth-order valence-electron chi connectivity index (χ4n) is 4.00. The topological polar surface area (TPSA) is 24.5 Å². The average Bonchev–Trinajstić information content (AvgIpc) is 2.67. The Bertz CT molecular complexity index is 723. The summed E-state index contributed by atoms with van der Waals surface area (Å²) in [6.07, 6.45) is 2.62. The van der Waals surface area contributed by atoms with Crippen LogP contribution in [0.2, 0.25) is 0 Å². The minimum atomic E-state index is -0.217. The molecule has 1 atom stereocenters. The van der Waals surface area contributed by atoms with Crippen LogP contribution in [-0.2, 0) is 13.2 Å².